The van der Waals surface area contributed by atoms with Crippen molar-refractivity contribution in [1.29, 1.82) is 0 Å². The Labute approximate surface area is 161 Å². The maximum atomic E-state index is 14.5. The molecule has 3 rings (SSSR count). The number of likely N-dealkylation sites (tertiary alicyclic amines) is 1. The van der Waals surface area contributed by atoms with Gasteiger partial charge in [-0.05, 0) is 11.6 Å². The quantitative estimate of drug-likeness (QED) is 0.734. The number of amides is 1. The lowest BCUT2D eigenvalue weighted by Gasteiger charge is -2.43. The lowest BCUT2D eigenvalue weighted by molar-refractivity contribution is -0.182. The van der Waals surface area contributed by atoms with Gasteiger partial charge in [0.05, 0.1) is 26.2 Å². The molecule has 148 valence electrons. The molecule has 1 saturated heterocycles. The molecule has 2 aromatic carbocycles. The van der Waals surface area contributed by atoms with Gasteiger partial charge in [-0.25, -0.2) is 0 Å². The van der Waals surface area contributed by atoms with E-state index in [0.29, 0.717) is 16.9 Å². The molecular formula is C21H21F2NO4. The molecule has 0 aromatic heterocycles. The van der Waals surface area contributed by atoms with E-state index in [1.807, 2.05) is 0 Å². The third kappa shape index (κ3) is 3.69. The Morgan fingerprint density at radius 3 is 2.39 bits per heavy atom. The number of piperidine rings is 1. The van der Waals surface area contributed by atoms with E-state index >= 15 is 0 Å². The Morgan fingerprint density at radius 1 is 1.11 bits per heavy atom. The summed E-state index contributed by atoms with van der Waals surface area (Å²) in [6.07, 6.45) is -0.910. The number of rotatable bonds is 5. The zero-order chi connectivity index (χ0) is 20.3. The van der Waals surface area contributed by atoms with E-state index in [1.54, 1.807) is 54.6 Å². The van der Waals surface area contributed by atoms with Crippen molar-refractivity contribution in [3.63, 3.8) is 0 Å². The highest BCUT2D eigenvalue weighted by atomic mass is 19.3. The number of alkyl halides is 2. The SMILES string of the molecule is COC(=O)[C@H]1CC(F)(F)C(=O)N(Cc2ccccc2)[C@@H]1c1ccccc1OC. The van der Waals surface area contributed by atoms with Gasteiger partial charge >= 0.3 is 11.9 Å². The Morgan fingerprint density at radius 2 is 1.75 bits per heavy atom. The topological polar surface area (TPSA) is 55.8 Å². The number of hydrogen-bond donors (Lipinski definition) is 0. The van der Waals surface area contributed by atoms with E-state index in [-0.39, 0.29) is 6.54 Å². The minimum Gasteiger partial charge on any atom is -0.496 e. The normalized spacial score (nSPS) is 21.3. The van der Waals surface area contributed by atoms with E-state index < -0.39 is 36.2 Å². The summed E-state index contributed by atoms with van der Waals surface area (Å²) in [7, 11) is 2.60. The van der Waals surface area contributed by atoms with Crippen LogP contribution in [0.3, 0.4) is 0 Å². The highest BCUT2D eigenvalue weighted by Gasteiger charge is 2.56. The summed E-state index contributed by atoms with van der Waals surface area (Å²) in [5.41, 5.74) is 1.16. The van der Waals surface area contributed by atoms with E-state index in [1.165, 1.54) is 7.11 Å². The molecule has 0 aliphatic carbocycles. The van der Waals surface area contributed by atoms with E-state index in [9.17, 15) is 18.4 Å². The van der Waals surface area contributed by atoms with Crippen LogP contribution in [0, 0.1) is 5.92 Å². The third-order valence-electron chi connectivity index (χ3n) is 4.92. The lowest BCUT2D eigenvalue weighted by atomic mass is 9.82. The minimum atomic E-state index is -3.66. The van der Waals surface area contributed by atoms with Crippen LogP contribution in [-0.4, -0.2) is 36.9 Å². The maximum Gasteiger partial charge on any atom is 0.325 e. The summed E-state index contributed by atoms with van der Waals surface area (Å²) in [5.74, 6) is -6.57. The minimum absolute atomic E-state index is 0.0640. The molecule has 0 unspecified atom stereocenters. The molecule has 7 heteroatoms. The van der Waals surface area contributed by atoms with E-state index in [0.717, 1.165) is 12.0 Å². The first-order valence-corrected chi connectivity index (χ1v) is 8.82. The molecule has 1 fully saturated rings. The molecule has 2 aromatic rings. The van der Waals surface area contributed by atoms with Crippen molar-refractivity contribution in [3.8, 4) is 5.75 Å². The Kier molecular flexibility index (Phi) is 5.63. The number of benzene rings is 2. The van der Waals surface area contributed by atoms with Crippen molar-refractivity contribution in [2.24, 2.45) is 5.92 Å². The van der Waals surface area contributed by atoms with Crippen molar-refractivity contribution in [2.75, 3.05) is 14.2 Å². The number of nitrogens with zero attached hydrogens (tertiary/aromatic N) is 1. The molecule has 1 amide bonds. The number of carbonyl (C=O) groups excluding carboxylic acids is 2. The van der Waals surface area contributed by atoms with Gasteiger partial charge < -0.3 is 14.4 Å². The van der Waals surface area contributed by atoms with Crippen LogP contribution in [0.15, 0.2) is 54.6 Å². The van der Waals surface area contributed by atoms with E-state index in [2.05, 4.69) is 0 Å². The van der Waals surface area contributed by atoms with Gasteiger partial charge in [0, 0.05) is 18.5 Å². The van der Waals surface area contributed by atoms with Gasteiger partial charge in [0.15, 0.2) is 0 Å². The second-order valence-electron chi connectivity index (χ2n) is 6.64. The highest BCUT2D eigenvalue weighted by Crippen LogP contribution is 2.46. The summed E-state index contributed by atoms with van der Waals surface area (Å²) < 4.78 is 39.2. The molecule has 1 aliphatic heterocycles. The largest absolute Gasteiger partial charge is 0.496 e. The average Bonchev–Trinajstić information content (AvgIpc) is 2.71. The second-order valence-corrected chi connectivity index (χ2v) is 6.64. The van der Waals surface area contributed by atoms with Gasteiger partial charge in [0.1, 0.15) is 5.75 Å². The number of hydrogen-bond acceptors (Lipinski definition) is 4. The van der Waals surface area contributed by atoms with Gasteiger partial charge in [-0.2, -0.15) is 8.78 Å². The van der Waals surface area contributed by atoms with Crippen molar-refractivity contribution in [3.05, 3.63) is 65.7 Å². The Balaban J connectivity index is 2.13. The number of halogens is 2. The number of ether oxygens (including phenoxy) is 2. The first kappa shape index (κ1) is 19.8. The van der Waals surface area contributed by atoms with Crippen LogP contribution in [0.4, 0.5) is 8.78 Å². The van der Waals surface area contributed by atoms with Gasteiger partial charge in [0.25, 0.3) is 5.91 Å². The summed E-state index contributed by atoms with van der Waals surface area (Å²) in [6.45, 7) is -0.0640. The van der Waals surface area contributed by atoms with Crippen LogP contribution < -0.4 is 4.74 Å². The molecule has 0 radical (unpaired) electrons. The number of carbonyl (C=O) groups is 2. The molecule has 0 bridgehead atoms. The predicted octanol–water partition coefficient (Wildman–Crippen LogP) is 3.59. The molecule has 28 heavy (non-hydrogen) atoms. The van der Waals surface area contributed by atoms with Crippen molar-refractivity contribution in [1.82, 2.24) is 4.90 Å². The molecule has 2 atom stereocenters. The number of para-hydroxylation sites is 1. The third-order valence-corrected chi connectivity index (χ3v) is 4.92. The second kappa shape index (κ2) is 7.96. The van der Waals surface area contributed by atoms with Crippen LogP contribution in [0.1, 0.15) is 23.6 Å². The summed E-state index contributed by atoms with van der Waals surface area (Å²) in [5, 5.41) is 0. The molecule has 1 aliphatic rings. The first-order valence-electron chi connectivity index (χ1n) is 8.82. The first-order chi connectivity index (χ1) is 13.4. The summed E-state index contributed by atoms with van der Waals surface area (Å²) >= 11 is 0. The fourth-order valence-electron chi connectivity index (χ4n) is 3.64. The monoisotopic (exact) mass is 389 g/mol. The standard InChI is InChI=1S/C21H21F2NO4/c1-27-17-11-7-6-10-15(17)18-16(19(25)28-2)12-21(22,23)20(26)24(18)13-14-8-4-3-5-9-14/h3-11,16,18H,12-13H2,1-2H3/t16-,18+/m0/s1. The number of methoxy groups -OCH3 is 2. The average molecular weight is 389 g/mol. The van der Waals surface area contributed by atoms with Gasteiger partial charge in [-0.3, -0.25) is 9.59 Å². The highest BCUT2D eigenvalue weighted by molar-refractivity contribution is 5.88. The van der Waals surface area contributed by atoms with Gasteiger partial charge in [-0.15, -0.1) is 0 Å². The lowest BCUT2D eigenvalue weighted by Crippen LogP contribution is -2.55. The summed E-state index contributed by atoms with van der Waals surface area (Å²) in [4.78, 5) is 26.1. The van der Waals surface area contributed by atoms with Crippen molar-refractivity contribution in [2.45, 2.75) is 24.9 Å². The van der Waals surface area contributed by atoms with Crippen LogP contribution in [0.2, 0.25) is 0 Å². The molecule has 0 N–H and O–H groups in total. The molecule has 0 saturated carbocycles. The Hall–Kier alpha value is -2.96. The van der Waals surface area contributed by atoms with Gasteiger partial charge in [-0.1, -0.05) is 48.5 Å². The fourth-order valence-corrected chi connectivity index (χ4v) is 3.64. The maximum absolute atomic E-state index is 14.5. The van der Waals surface area contributed by atoms with Crippen LogP contribution in [-0.2, 0) is 20.9 Å². The molecule has 0 spiro atoms. The fraction of sp³-hybridized carbons (Fsp3) is 0.333. The van der Waals surface area contributed by atoms with Gasteiger partial charge in [0.2, 0.25) is 0 Å². The van der Waals surface area contributed by atoms with E-state index in [4.69, 9.17) is 9.47 Å². The summed E-state index contributed by atoms with van der Waals surface area (Å²) in [6, 6.07) is 14.7. The zero-order valence-electron chi connectivity index (χ0n) is 15.6. The van der Waals surface area contributed by atoms with Crippen LogP contribution >= 0.6 is 0 Å². The predicted molar refractivity (Wildman–Crippen MR) is 97.8 cm³/mol. The molecule has 5 nitrogen and oxygen atoms in total. The molecular weight excluding hydrogens is 368 g/mol. The smallest absolute Gasteiger partial charge is 0.325 e. The van der Waals surface area contributed by atoms with Crippen molar-refractivity contribution < 1.29 is 27.8 Å². The Bertz CT molecular complexity index is 856. The molecule has 1 heterocycles. The number of esters is 1. The van der Waals surface area contributed by atoms with Crippen LogP contribution in [0.25, 0.3) is 0 Å². The van der Waals surface area contributed by atoms with Crippen LogP contribution in [0.5, 0.6) is 5.75 Å². The van der Waals surface area contributed by atoms with Crippen molar-refractivity contribution >= 4 is 11.9 Å². The zero-order valence-corrected chi connectivity index (χ0v) is 15.6.